The number of hydrogen-bond acceptors (Lipinski definition) is 32. The normalized spacial score (nSPS) is 25.0. The molecule has 0 spiro atoms. The van der Waals surface area contributed by atoms with E-state index in [0.29, 0.717) is 16.8 Å². The van der Waals surface area contributed by atoms with Crippen LogP contribution in [0.15, 0.2) is 56.9 Å². The lowest BCUT2D eigenvalue weighted by Crippen LogP contribution is -2.62. The van der Waals surface area contributed by atoms with Gasteiger partial charge in [0.05, 0.1) is 55.7 Å². The second-order valence-corrected chi connectivity index (χ2v) is 30.3. The van der Waals surface area contributed by atoms with E-state index in [9.17, 15) is 40.0 Å². The number of allylic oxidation sites excluding steroid dienone is 1. The van der Waals surface area contributed by atoms with Crippen molar-refractivity contribution in [3.8, 4) is 38.4 Å². The molecule has 2 saturated heterocycles. The molecule has 0 saturated carbocycles. The first-order chi connectivity index (χ1) is 49.7. The molecule has 1 aromatic carbocycles. The van der Waals surface area contributed by atoms with Crippen LogP contribution in [0.3, 0.4) is 0 Å². The number of aliphatic hydroxyl groups is 3. The summed E-state index contributed by atoms with van der Waals surface area (Å²) in [6.45, 7) is 7.48. The Bertz CT molecular complexity index is 4670. The van der Waals surface area contributed by atoms with Crippen LogP contribution in [-0.4, -0.2) is 245 Å². The summed E-state index contributed by atoms with van der Waals surface area (Å²) in [6, 6.07) is 0.134. The van der Waals surface area contributed by atoms with Crippen molar-refractivity contribution in [2.24, 2.45) is 0 Å². The summed E-state index contributed by atoms with van der Waals surface area (Å²) in [5, 5.41) is 79.2. The predicted molar refractivity (Wildman–Crippen MR) is 377 cm³/mol. The molecule has 12 bridgehead atoms. The van der Waals surface area contributed by atoms with Crippen LogP contribution >= 0.6 is 56.7 Å². The van der Waals surface area contributed by atoms with Crippen LogP contribution in [0.4, 0.5) is 0 Å². The molecule has 38 heteroatoms. The van der Waals surface area contributed by atoms with Gasteiger partial charge in [-0.2, -0.15) is 4.73 Å². The summed E-state index contributed by atoms with van der Waals surface area (Å²) < 4.78 is 38.4. The third kappa shape index (κ3) is 14.9. The zero-order valence-corrected chi connectivity index (χ0v) is 61.2. The third-order valence-corrected chi connectivity index (χ3v) is 22.9. The molecule has 5 aliphatic rings. The SMILES string of the molecule is CO/C(C)=C1/NC(=O)C(C(C)O)NC(=O)c2csc(n2)-c2cc(O)c(-c3nc(C(=O)N[C@H](CO)CN4CCN(C)CC4)cs3)nc2-c2csc(n2)C2COC(=O)c3c4c5c(cccc5n3O)COC(=O)C(OC3CC(C)(O)C(N(C)C)C(C)O3)C(OC4)C(NC(=O)c3csc1n3)c1nc(cs1)C(=O)N2. The minimum atomic E-state index is -1.91. The van der Waals surface area contributed by atoms with Crippen molar-refractivity contribution >= 4 is 115 Å². The van der Waals surface area contributed by atoms with E-state index in [1.807, 2.05) is 7.05 Å². The van der Waals surface area contributed by atoms with E-state index in [2.05, 4.69) is 51.3 Å². The number of esters is 2. The number of pyridine rings is 1. The number of carbonyl (C=O) groups is 7. The molecule has 10 N–H and O–H groups in total. The average molecular weight is 1520 g/mol. The van der Waals surface area contributed by atoms with Crippen molar-refractivity contribution in [2.75, 3.05) is 74.2 Å². The number of methoxy groups -OCH3 is 1. The van der Waals surface area contributed by atoms with Crippen LogP contribution in [0, 0.1) is 0 Å². The van der Waals surface area contributed by atoms with Gasteiger partial charge in [-0.15, -0.1) is 56.7 Å². The highest BCUT2D eigenvalue weighted by Crippen LogP contribution is 2.43. The standard InChI is InChI=1S/C66H73N15O18S5/c1-28(83)45-58(89)76-46(29(2)94-8)61-71-40(27-102-61)57(88)77-49-51-52(99-43-17-66(4,92)53(78(5)6)30(3)98-43)65(91)96-20-31-10-9-11-41-44(31)34(21-95-51)50(81(41)93)64(90)97-22-35(68-55(86)38-26-104-63(49)73-38)60-69-36(23-101-60)47-33(59-70-39(24-100-59)56(87)75-45)16-42(84)48(74-47)62-72-37(25-103-62)54(85)67-32(19-82)18-80-14-12-79(7)13-15-80/h9-11,16,23-28,30,32,35,43,45,49,51-53,82-84,92-93H,12-15,17-22H2,1-8H3,(H,67,85)(H,68,86)(H,75,87)(H,76,89)(H,77,88)/b46-29+/t28?,30?,32-,35?,43?,45?,49?,51?,52?,53?,66?/m0/s1. The maximum Gasteiger partial charge on any atom is 0.358 e. The van der Waals surface area contributed by atoms with Gasteiger partial charge in [0.15, 0.2) is 18.1 Å². The Labute approximate surface area is 612 Å². The lowest BCUT2D eigenvalue weighted by atomic mass is 9.85. The summed E-state index contributed by atoms with van der Waals surface area (Å²) in [6.07, 6.45) is -7.52. The predicted octanol–water partition coefficient (Wildman–Crippen LogP) is 3.50. The van der Waals surface area contributed by atoms with E-state index in [0.717, 1.165) is 82.9 Å². The highest BCUT2D eigenvalue weighted by atomic mass is 32.1. The first kappa shape index (κ1) is 73.4. The van der Waals surface area contributed by atoms with Gasteiger partial charge in [-0.1, -0.05) is 12.1 Å². The number of piperazine rings is 1. The van der Waals surface area contributed by atoms with Gasteiger partial charge < -0.3 is 90.4 Å². The topological polar surface area (TPSA) is 428 Å². The van der Waals surface area contributed by atoms with Crippen molar-refractivity contribution in [3.05, 3.63) is 112 Å². The number of thiazole rings is 5. The second-order valence-electron chi connectivity index (χ2n) is 26.0. The number of fused-ring (bicyclic) bond motifs is 15. The molecule has 7 aromatic heterocycles. The van der Waals surface area contributed by atoms with Gasteiger partial charge >= 0.3 is 11.9 Å². The number of aromatic hydroxyl groups is 1. The fourth-order valence-electron chi connectivity index (χ4n) is 13.2. The van der Waals surface area contributed by atoms with E-state index in [1.54, 1.807) is 50.4 Å². The third-order valence-electron chi connectivity index (χ3n) is 18.4. The summed E-state index contributed by atoms with van der Waals surface area (Å²) in [4.78, 5) is 138. The van der Waals surface area contributed by atoms with Gasteiger partial charge in [-0.3, -0.25) is 28.9 Å². The number of hydrogen-bond donors (Lipinski definition) is 10. The first-order valence-corrected chi connectivity index (χ1v) is 37.2. The zero-order valence-electron chi connectivity index (χ0n) is 57.1. The van der Waals surface area contributed by atoms with Gasteiger partial charge in [0.1, 0.15) is 120 Å². The van der Waals surface area contributed by atoms with Crippen LogP contribution in [-0.2, 0) is 51.2 Å². The molecule has 11 atom stereocenters. The highest BCUT2D eigenvalue weighted by Gasteiger charge is 2.50. The van der Waals surface area contributed by atoms with Gasteiger partial charge in [-0.25, -0.2) is 39.5 Å². The Hall–Kier alpha value is -8.87. The minimum absolute atomic E-state index is 0.00869. The molecule has 550 valence electrons. The minimum Gasteiger partial charge on any atom is -0.506 e. The van der Waals surface area contributed by atoms with E-state index in [-0.39, 0.29) is 111 Å². The summed E-state index contributed by atoms with van der Waals surface area (Å²) in [5.74, 6) is -6.85. The van der Waals surface area contributed by atoms with E-state index in [1.165, 1.54) is 54.6 Å². The molecule has 8 aromatic rings. The number of ether oxygens (including phenoxy) is 6. The molecular formula is C66H73N15O18S5. The number of rotatable bonds is 11. The van der Waals surface area contributed by atoms with Gasteiger partial charge in [0.25, 0.3) is 23.6 Å². The van der Waals surface area contributed by atoms with Gasteiger partial charge in [-0.05, 0) is 66.5 Å². The summed E-state index contributed by atoms with van der Waals surface area (Å²) >= 11 is 4.65. The van der Waals surface area contributed by atoms with Crippen molar-refractivity contribution in [2.45, 2.75) is 114 Å². The molecule has 5 amide bonds. The molecule has 13 rings (SSSR count). The van der Waals surface area contributed by atoms with Crippen molar-refractivity contribution in [1.82, 2.24) is 75.9 Å². The molecule has 12 heterocycles. The van der Waals surface area contributed by atoms with Gasteiger partial charge in [0, 0.05) is 82.6 Å². The van der Waals surface area contributed by atoms with Gasteiger partial charge in [0.2, 0.25) is 5.91 Å². The highest BCUT2D eigenvalue weighted by molar-refractivity contribution is 7.14. The summed E-state index contributed by atoms with van der Waals surface area (Å²) in [7, 11) is 6.88. The Balaban J connectivity index is 0.955. The fraction of sp³-hybridized carbons (Fsp3) is 0.439. The molecule has 5 aliphatic heterocycles. The Kier molecular flexibility index (Phi) is 21.4. The summed E-state index contributed by atoms with van der Waals surface area (Å²) in [5.41, 5.74) is -2.39. The number of cyclic esters (lactones) is 2. The number of nitrogens with one attached hydrogen (secondary N) is 5. The largest absolute Gasteiger partial charge is 0.506 e. The monoisotopic (exact) mass is 1520 g/mol. The van der Waals surface area contributed by atoms with E-state index >= 15 is 19.2 Å². The fourth-order valence-corrected chi connectivity index (χ4v) is 17.4. The Morgan fingerprint density at radius 2 is 1.51 bits per heavy atom. The quantitative estimate of drug-likeness (QED) is 0.0503. The van der Waals surface area contributed by atoms with E-state index in [4.69, 9.17) is 43.4 Å². The molecular weight excluding hydrogens is 1450 g/mol. The van der Waals surface area contributed by atoms with Crippen LogP contribution in [0.2, 0.25) is 0 Å². The average Bonchev–Trinajstić information content (AvgIpc) is 1.39. The number of carbonyl (C=O) groups excluding carboxylic acids is 7. The zero-order chi connectivity index (χ0) is 73.7. The number of likely N-dealkylation sites (N-methyl/N-ethyl adjacent to an activating group) is 2. The van der Waals surface area contributed by atoms with Crippen molar-refractivity contribution < 1.29 is 87.6 Å². The Morgan fingerprint density at radius 1 is 0.837 bits per heavy atom. The number of aliphatic hydroxyl groups excluding tert-OH is 2. The van der Waals surface area contributed by atoms with Crippen LogP contribution in [0.1, 0.15) is 125 Å². The van der Waals surface area contributed by atoms with Crippen molar-refractivity contribution in [3.63, 3.8) is 0 Å². The molecule has 10 unspecified atom stereocenters. The van der Waals surface area contributed by atoms with Crippen LogP contribution in [0.25, 0.3) is 49.3 Å². The maximum atomic E-state index is 15.2. The number of nitrogens with zero attached hydrogens (tertiary/aromatic N) is 10. The smallest absolute Gasteiger partial charge is 0.358 e. The molecule has 2 fully saturated rings. The lowest BCUT2D eigenvalue weighted by molar-refractivity contribution is -0.280. The van der Waals surface area contributed by atoms with Crippen LogP contribution in [0.5, 0.6) is 5.75 Å². The lowest BCUT2D eigenvalue weighted by Gasteiger charge is -2.48. The maximum absolute atomic E-state index is 15.2. The van der Waals surface area contributed by atoms with Crippen molar-refractivity contribution in [1.29, 1.82) is 0 Å². The molecule has 0 aliphatic carbocycles. The Morgan fingerprint density at radius 3 is 2.23 bits per heavy atom. The second kappa shape index (κ2) is 30.3. The number of benzene rings is 1. The molecule has 33 nitrogen and oxygen atoms in total. The number of amides is 5. The van der Waals surface area contributed by atoms with E-state index < -0.39 is 139 Å². The first-order valence-electron chi connectivity index (χ1n) is 32.8. The van der Waals surface area contributed by atoms with Crippen LogP contribution < -0.4 is 26.6 Å². The molecule has 104 heavy (non-hydrogen) atoms. The number of aromatic nitrogens is 7. The molecule has 0 radical (unpaired) electrons.